The molecule has 0 unspecified atom stereocenters. The molecule has 17 heavy (non-hydrogen) atoms. The molecular formula is C15H22ClN. The quantitative estimate of drug-likeness (QED) is 0.843. The van der Waals surface area contributed by atoms with Gasteiger partial charge in [0, 0.05) is 11.6 Å². The summed E-state index contributed by atoms with van der Waals surface area (Å²) in [6.45, 7) is 4.46. The highest BCUT2D eigenvalue weighted by molar-refractivity contribution is 6.30. The van der Waals surface area contributed by atoms with Gasteiger partial charge in [-0.05, 0) is 48.9 Å². The van der Waals surface area contributed by atoms with Crippen molar-refractivity contribution in [1.29, 1.82) is 0 Å². The Balaban J connectivity index is 1.69. The van der Waals surface area contributed by atoms with Gasteiger partial charge in [-0.25, -0.2) is 0 Å². The van der Waals surface area contributed by atoms with E-state index in [1.165, 1.54) is 31.2 Å². The molecule has 0 spiro atoms. The molecule has 0 saturated heterocycles. The molecule has 0 heterocycles. The van der Waals surface area contributed by atoms with Crippen molar-refractivity contribution in [1.82, 2.24) is 5.32 Å². The molecule has 1 aliphatic carbocycles. The Morgan fingerprint density at radius 2 is 2.00 bits per heavy atom. The molecule has 0 radical (unpaired) electrons. The molecule has 2 heteroatoms. The molecule has 1 fully saturated rings. The lowest BCUT2D eigenvalue weighted by atomic mass is 9.83. The third-order valence-corrected chi connectivity index (χ3v) is 4.02. The number of benzene rings is 1. The van der Waals surface area contributed by atoms with Gasteiger partial charge in [0.1, 0.15) is 0 Å². The monoisotopic (exact) mass is 251 g/mol. The second kappa shape index (κ2) is 6.42. The number of nitrogens with one attached hydrogen (secondary N) is 1. The summed E-state index contributed by atoms with van der Waals surface area (Å²) in [5.74, 6) is 1.82. The number of rotatable bonds is 4. The summed E-state index contributed by atoms with van der Waals surface area (Å²) >= 11 is 5.96. The summed E-state index contributed by atoms with van der Waals surface area (Å²) in [5, 5.41) is 4.38. The molecule has 1 saturated carbocycles. The van der Waals surface area contributed by atoms with Crippen LogP contribution >= 0.6 is 11.6 Å². The van der Waals surface area contributed by atoms with E-state index in [4.69, 9.17) is 11.6 Å². The first kappa shape index (κ1) is 12.9. The largest absolute Gasteiger partial charge is 0.312 e. The maximum absolute atomic E-state index is 5.96. The first-order chi connectivity index (χ1) is 8.24. The minimum Gasteiger partial charge on any atom is -0.312 e. The minimum atomic E-state index is 0.829. The molecule has 94 valence electrons. The van der Waals surface area contributed by atoms with Crippen LogP contribution in [0.3, 0.4) is 0 Å². The van der Waals surface area contributed by atoms with Gasteiger partial charge < -0.3 is 5.32 Å². The van der Waals surface area contributed by atoms with Crippen molar-refractivity contribution in [3.05, 3.63) is 34.9 Å². The summed E-state index contributed by atoms with van der Waals surface area (Å²) in [6, 6.07) is 8.11. The lowest BCUT2D eigenvalue weighted by molar-refractivity contribution is 0.281. The van der Waals surface area contributed by atoms with Crippen LogP contribution in [-0.4, -0.2) is 6.54 Å². The van der Waals surface area contributed by atoms with Crippen LogP contribution in [-0.2, 0) is 6.54 Å². The van der Waals surface area contributed by atoms with Gasteiger partial charge in [0.15, 0.2) is 0 Å². The van der Waals surface area contributed by atoms with E-state index in [-0.39, 0.29) is 0 Å². The van der Waals surface area contributed by atoms with E-state index in [1.54, 1.807) is 0 Å². The molecule has 1 N–H and O–H groups in total. The van der Waals surface area contributed by atoms with Crippen LogP contribution in [0.4, 0.5) is 0 Å². The smallest absolute Gasteiger partial charge is 0.0409 e. The first-order valence-electron chi connectivity index (χ1n) is 6.69. The van der Waals surface area contributed by atoms with Crippen LogP contribution in [0.15, 0.2) is 24.3 Å². The number of hydrogen-bond donors (Lipinski definition) is 1. The summed E-state index contributed by atoms with van der Waals surface area (Å²) in [6.07, 6.45) is 5.60. The van der Waals surface area contributed by atoms with E-state index >= 15 is 0 Å². The molecule has 1 aromatic carbocycles. The third kappa shape index (κ3) is 4.33. The highest BCUT2D eigenvalue weighted by Crippen LogP contribution is 2.27. The standard InChI is InChI=1S/C15H22ClN/c1-12-5-7-13(8-6-12)10-17-11-14-3-2-4-15(16)9-14/h2-4,9,12-13,17H,5-8,10-11H2,1H3. The molecule has 0 amide bonds. The summed E-state index contributed by atoms with van der Waals surface area (Å²) in [5.41, 5.74) is 1.28. The average Bonchev–Trinajstić information content (AvgIpc) is 2.32. The predicted octanol–water partition coefficient (Wildman–Crippen LogP) is 4.26. The van der Waals surface area contributed by atoms with E-state index in [0.717, 1.165) is 29.9 Å². The Bertz CT molecular complexity index is 343. The fourth-order valence-corrected chi connectivity index (χ4v) is 2.81. The topological polar surface area (TPSA) is 12.0 Å². The van der Waals surface area contributed by atoms with Crippen LogP contribution < -0.4 is 5.32 Å². The van der Waals surface area contributed by atoms with Crippen molar-refractivity contribution in [2.75, 3.05) is 6.54 Å². The van der Waals surface area contributed by atoms with Gasteiger partial charge in [0.25, 0.3) is 0 Å². The Hall–Kier alpha value is -0.530. The zero-order valence-electron chi connectivity index (χ0n) is 10.6. The zero-order chi connectivity index (χ0) is 12.1. The van der Waals surface area contributed by atoms with Gasteiger partial charge >= 0.3 is 0 Å². The second-order valence-corrected chi connectivity index (χ2v) is 5.82. The van der Waals surface area contributed by atoms with E-state index in [1.807, 2.05) is 18.2 Å². The molecule has 1 nitrogen and oxygen atoms in total. The summed E-state index contributed by atoms with van der Waals surface area (Å²) in [4.78, 5) is 0. The lowest BCUT2D eigenvalue weighted by Crippen LogP contribution is -2.25. The van der Waals surface area contributed by atoms with Crippen molar-refractivity contribution < 1.29 is 0 Å². The first-order valence-corrected chi connectivity index (χ1v) is 7.07. The van der Waals surface area contributed by atoms with Gasteiger partial charge in [-0.2, -0.15) is 0 Å². The van der Waals surface area contributed by atoms with Crippen LogP contribution in [0, 0.1) is 11.8 Å². The number of hydrogen-bond acceptors (Lipinski definition) is 1. The Morgan fingerprint density at radius 3 is 2.71 bits per heavy atom. The third-order valence-electron chi connectivity index (χ3n) is 3.79. The van der Waals surface area contributed by atoms with Gasteiger partial charge in [0.05, 0.1) is 0 Å². The van der Waals surface area contributed by atoms with Crippen molar-refractivity contribution in [3.63, 3.8) is 0 Å². The molecule has 1 aliphatic rings. The predicted molar refractivity (Wildman–Crippen MR) is 74.3 cm³/mol. The van der Waals surface area contributed by atoms with Gasteiger partial charge in [-0.15, -0.1) is 0 Å². The normalized spacial score (nSPS) is 24.8. The van der Waals surface area contributed by atoms with Crippen LogP contribution in [0.25, 0.3) is 0 Å². The highest BCUT2D eigenvalue weighted by atomic mass is 35.5. The van der Waals surface area contributed by atoms with Crippen molar-refractivity contribution in [2.45, 2.75) is 39.2 Å². The summed E-state index contributed by atoms with van der Waals surface area (Å²) in [7, 11) is 0. The average molecular weight is 252 g/mol. The molecule has 0 bridgehead atoms. The SMILES string of the molecule is CC1CCC(CNCc2cccc(Cl)c2)CC1. The Labute approximate surface area is 110 Å². The van der Waals surface area contributed by atoms with Gasteiger partial charge in [0.2, 0.25) is 0 Å². The number of halogens is 1. The molecule has 0 atom stereocenters. The van der Waals surface area contributed by atoms with Crippen LogP contribution in [0.5, 0.6) is 0 Å². The zero-order valence-corrected chi connectivity index (χ0v) is 11.3. The van der Waals surface area contributed by atoms with Crippen LogP contribution in [0.1, 0.15) is 38.2 Å². The lowest BCUT2D eigenvalue weighted by Gasteiger charge is -2.26. The molecular weight excluding hydrogens is 230 g/mol. The van der Waals surface area contributed by atoms with Gasteiger partial charge in [-0.1, -0.05) is 43.5 Å². The molecule has 0 aliphatic heterocycles. The van der Waals surface area contributed by atoms with Crippen molar-refractivity contribution in [2.24, 2.45) is 11.8 Å². The molecule has 0 aromatic heterocycles. The maximum atomic E-state index is 5.96. The Kier molecular flexibility index (Phi) is 4.87. The highest BCUT2D eigenvalue weighted by Gasteiger charge is 2.17. The van der Waals surface area contributed by atoms with E-state index in [9.17, 15) is 0 Å². The van der Waals surface area contributed by atoms with Gasteiger partial charge in [-0.3, -0.25) is 0 Å². The molecule has 1 aromatic rings. The second-order valence-electron chi connectivity index (χ2n) is 5.39. The van der Waals surface area contributed by atoms with Crippen molar-refractivity contribution in [3.8, 4) is 0 Å². The van der Waals surface area contributed by atoms with E-state index < -0.39 is 0 Å². The summed E-state index contributed by atoms with van der Waals surface area (Å²) < 4.78 is 0. The van der Waals surface area contributed by atoms with Crippen LogP contribution in [0.2, 0.25) is 5.02 Å². The Morgan fingerprint density at radius 1 is 1.24 bits per heavy atom. The maximum Gasteiger partial charge on any atom is 0.0409 e. The molecule has 2 rings (SSSR count). The minimum absolute atomic E-state index is 0.829. The van der Waals surface area contributed by atoms with Crippen molar-refractivity contribution >= 4 is 11.6 Å². The fraction of sp³-hybridized carbons (Fsp3) is 0.600. The fourth-order valence-electron chi connectivity index (χ4n) is 2.60. The van der Waals surface area contributed by atoms with E-state index in [2.05, 4.69) is 18.3 Å². The van der Waals surface area contributed by atoms with E-state index in [0.29, 0.717) is 0 Å².